The van der Waals surface area contributed by atoms with E-state index in [4.69, 9.17) is 28.5 Å². The number of carbonyl (C=O) groups is 1. The summed E-state index contributed by atoms with van der Waals surface area (Å²) >= 11 is 12.8. The predicted octanol–water partition coefficient (Wildman–Crippen LogP) is 3.02. The van der Waals surface area contributed by atoms with E-state index >= 15 is 0 Å². The van der Waals surface area contributed by atoms with Crippen molar-refractivity contribution in [3.63, 3.8) is 0 Å². The first-order chi connectivity index (χ1) is 12.1. The molecule has 0 atom stereocenters. The molecule has 0 radical (unpaired) electrons. The summed E-state index contributed by atoms with van der Waals surface area (Å²) in [5, 5.41) is 23.1. The maximum atomic E-state index is 12.6. The molecule has 0 unspecified atom stereocenters. The van der Waals surface area contributed by atoms with E-state index in [2.05, 4.69) is 20.8 Å². The highest BCUT2D eigenvalue weighted by Crippen LogP contribution is 2.45. The summed E-state index contributed by atoms with van der Waals surface area (Å²) in [6.45, 7) is 1.18. The second-order valence-electron chi connectivity index (χ2n) is 5.57. The summed E-state index contributed by atoms with van der Waals surface area (Å²) < 4.78 is 1.88. The molecule has 9 heteroatoms. The van der Waals surface area contributed by atoms with Crippen molar-refractivity contribution >= 4 is 45.7 Å². The number of fused-ring (bicyclic) bond motifs is 3. The second-order valence-corrected chi connectivity index (χ2v) is 6.36. The number of aromatic nitrogens is 3. The van der Waals surface area contributed by atoms with Gasteiger partial charge in [0.2, 0.25) is 0 Å². The highest BCUT2D eigenvalue weighted by Gasteiger charge is 2.30. The van der Waals surface area contributed by atoms with Crippen molar-refractivity contribution in [2.75, 3.05) is 18.4 Å². The maximum Gasteiger partial charge on any atom is 0.268 e. The van der Waals surface area contributed by atoms with Gasteiger partial charge in [0, 0.05) is 41.5 Å². The van der Waals surface area contributed by atoms with Gasteiger partial charge in [0.05, 0.1) is 27.8 Å². The van der Waals surface area contributed by atoms with Crippen molar-refractivity contribution in [3.05, 3.63) is 34.2 Å². The smallest absolute Gasteiger partial charge is 0.268 e. The van der Waals surface area contributed by atoms with Crippen LogP contribution in [0.5, 0.6) is 0 Å². The predicted molar refractivity (Wildman–Crippen MR) is 96.0 cm³/mol. The van der Waals surface area contributed by atoms with Gasteiger partial charge in [0.25, 0.3) is 5.91 Å². The molecule has 0 saturated heterocycles. The second kappa shape index (κ2) is 5.99. The lowest BCUT2D eigenvalue weighted by Gasteiger charge is -2.18. The van der Waals surface area contributed by atoms with E-state index in [1.54, 1.807) is 18.5 Å². The molecule has 1 aliphatic heterocycles. The number of benzene rings is 1. The standard InChI is InChI=1S/C16H12Cl2N6O/c17-9-5-10(20-2-1-19)12-11(8-6-22-23-7-8)15-16(25)21-3-4-24(15)14(12)13(9)18/h5-7,20H,2-4H2,(H,21,25)(H,22,23). The molecule has 0 saturated carbocycles. The van der Waals surface area contributed by atoms with Gasteiger partial charge in [-0.05, 0) is 6.07 Å². The van der Waals surface area contributed by atoms with E-state index in [9.17, 15) is 4.79 Å². The number of H-pyrrole nitrogens is 1. The third-order valence-electron chi connectivity index (χ3n) is 4.20. The normalized spacial score (nSPS) is 13.4. The van der Waals surface area contributed by atoms with Gasteiger partial charge in [0.15, 0.2) is 0 Å². The fraction of sp³-hybridized carbons (Fsp3) is 0.188. The van der Waals surface area contributed by atoms with Crippen LogP contribution in [0, 0.1) is 11.3 Å². The van der Waals surface area contributed by atoms with Crippen LogP contribution in [0.3, 0.4) is 0 Å². The van der Waals surface area contributed by atoms with Crippen molar-refractivity contribution in [2.24, 2.45) is 0 Å². The first kappa shape index (κ1) is 15.8. The number of carbonyl (C=O) groups excluding carboxylic acids is 1. The van der Waals surface area contributed by atoms with Gasteiger partial charge in [-0.2, -0.15) is 10.4 Å². The molecule has 25 heavy (non-hydrogen) atoms. The van der Waals surface area contributed by atoms with Gasteiger partial charge in [-0.1, -0.05) is 23.2 Å². The summed E-state index contributed by atoms with van der Waals surface area (Å²) in [4.78, 5) is 12.6. The Morgan fingerprint density at radius 1 is 1.44 bits per heavy atom. The molecule has 0 bridgehead atoms. The van der Waals surface area contributed by atoms with Crippen LogP contribution in [0.15, 0.2) is 18.5 Å². The van der Waals surface area contributed by atoms with E-state index in [1.165, 1.54) is 0 Å². The Labute approximate surface area is 152 Å². The van der Waals surface area contributed by atoms with Gasteiger partial charge >= 0.3 is 0 Å². The molecule has 1 aliphatic rings. The highest BCUT2D eigenvalue weighted by molar-refractivity contribution is 6.46. The average Bonchev–Trinajstić information content (AvgIpc) is 3.23. The lowest BCUT2D eigenvalue weighted by Crippen LogP contribution is -2.35. The quantitative estimate of drug-likeness (QED) is 0.613. The number of hydrogen-bond donors (Lipinski definition) is 3. The first-order valence-corrected chi connectivity index (χ1v) is 8.31. The van der Waals surface area contributed by atoms with Gasteiger partial charge < -0.3 is 15.2 Å². The zero-order valence-corrected chi connectivity index (χ0v) is 14.4. The first-order valence-electron chi connectivity index (χ1n) is 7.55. The van der Waals surface area contributed by atoms with Crippen molar-refractivity contribution in [1.29, 1.82) is 5.26 Å². The Kier molecular flexibility index (Phi) is 3.79. The fourth-order valence-electron chi connectivity index (χ4n) is 3.25. The van der Waals surface area contributed by atoms with Crippen LogP contribution in [0.25, 0.3) is 22.0 Å². The number of hydrogen-bond acceptors (Lipinski definition) is 4. The van der Waals surface area contributed by atoms with Gasteiger partial charge in [-0.15, -0.1) is 0 Å². The Hall–Kier alpha value is -2.69. The molecule has 3 N–H and O–H groups in total. The van der Waals surface area contributed by atoms with E-state index in [0.29, 0.717) is 45.6 Å². The summed E-state index contributed by atoms with van der Waals surface area (Å²) in [6, 6.07) is 3.73. The lowest BCUT2D eigenvalue weighted by atomic mass is 10.0. The van der Waals surface area contributed by atoms with Crippen LogP contribution in [-0.4, -0.2) is 33.8 Å². The van der Waals surface area contributed by atoms with Crippen LogP contribution in [0.2, 0.25) is 10.0 Å². The molecule has 7 nitrogen and oxygen atoms in total. The van der Waals surface area contributed by atoms with Crippen molar-refractivity contribution in [3.8, 4) is 17.2 Å². The summed E-state index contributed by atoms with van der Waals surface area (Å²) in [5.74, 6) is -0.183. The number of halogens is 2. The lowest BCUT2D eigenvalue weighted by molar-refractivity contribution is 0.0930. The highest BCUT2D eigenvalue weighted by atomic mass is 35.5. The molecule has 0 spiro atoms. The molecule has 0 aliphatic carbocycles. The Balaban J connectivity index is 2.17. The Morgan fingerprint density at radius 2 is 2.28 bits per heavy atom. The molecule has 3 heterocycles. The zero-order valence-electron chi connectivity index (χ0n) is 12.9. The number of nitriles is 1. The van der Waals surface area contributed by atoms with Crippen molar-refractivity contribution < 1.29 is 4.79 Å². The van der Waals surface area contributed by atoms with E-state index in [1.807, 2.05) is 10.6 Å². The topological polar surface area (TPSA) is 98.5 Å². The third kappa shape index (κ3) is 2.34. The van der Waals surface area contributed by atoms with Crippen LogP contribution >= 0.6 is 23.2 Å². The van der Waals surface area contributed by atoms with Crippen LogP contribution in [0.1, 0.15) is 10.5 Å². The summed E-state index contributed by atoms with van der Waals surface area (Å²) in [7, 11) is 0. The SMILES string of the molecule is N#CCNc1cc(Cl)c(Cl)c2c1c(-c1cn[nH]c1)c1n2CCNC1=O. The van der Waals surface area contributed by atoms with Gasteiger partial charge in [-0.25, -0.2) is 0 Å². The largest absolute Gasteiger partial charge is 0.372 e. The molecule has 2 aromatic heterocycles. The third-order valence-corrected chi connectivity index (χ3v) is 4.98. The number of aromatic amines is 1. The monoisotopic (exact) mass is 374 g/mol. The van der Waals surface area contributed by atoms with E-state index < -0.39 is 0 Å². The van der Waals surface area contributed by atoms with Crippen LogP contribution < -0.4 is 10.6 Å². The van der Waals surface area contributed by atoms with Crippen molar-refractivity contribution in [2.45, 2.75) is 6.54 Å². The van der Waals surface area contributed by atoms with E-state index in [-0.39, 0.29) is 12.5 Å². The van der Waals surface area contributed by atoms with Gasteiger partial charge in [0.1, 0.15) is 12.2 Å². The average molecular weight is 375 g/mol. The van der Waals surface area contributed by atoms with Gasteiger partial charge in [-0.3, -0.25) is 9.89 Å². The molecular weight excluding hydrogens is 363 g/mol. The minimum Gasteiger partial charge on any atom is -0.372 e. The molecule has 0 fully saturated rings. The molecule has 3 aromatic rings. The minimum absolute atomic E-state index is 0.102. The van der Waals surface area contributed by atoms with Crippen molar-refractivity contribution in [1.82, 2.24) is 20.1 Å². The van der Waals surface area contributed by atoms with Crippen LogP contribution in [-0.2, 0) is 6.54 Å². The Morgan fingerprint density at radius 3 is 3.00 bits per heavy atom. The molecule has 1 amide bonds. The fourth-order valence-corrected chi connectivity index (χ4v) is 3.70. The number of anilines is 1. The number of rotatable bonds is 3. The molecule has 4 rings (SSSR count). The maximum absolute atomic E-state index is 12.6. The number of nitrogens with one attached hydrogen (secondary N) is 3. The number of amides is 1. The minimum atomic E-state index is -0.183. The molecule has 1 aromatic carbocycles. The van der Waals surface area contributed by atoms with E-state index in [0.717, 1.165) is 10.9 Å². The molecule has 126 valence electrons. The molecular formula is C16H12Cl2N6O. The zero-order chi connectivity index (χ0) is 17.6. The summed E-state index contributed by atoms with van der Waals surface area (Å²) in [5.41, 5.74) is 3.30. The number of nitrogens with zero attached hydrogens (tertiary/aromatic N) is 3. The van der Waals surface area contributed by atoms with Crippen LogP contribution in [0.4, 0.5) is 5.69 Å². The Bertz CT molecular complexity index is 1030. The summed E-state index contributed by atoms with van der Waals surface area (Å²) in [6.07, 6.45) is 3.36.